The Balaban J connectivity index is 1.97. The van der Waals surface area contributed by atoms with Crippen molar-refractivity contribution < 1.29 is 15.0 Å². The van der Waals surface area contributed by atoms with Gasteiger partial charge in [-0.1, -0.05) is 12.5 Å². The Morgan fingerprint density at radius 1 is 1.35 bits per heavy atom. The van der Waals surface area contributed by atoms with Gasteiger partial charge in [-0.3, -0.25) is 4.79 Å². The van der Waals surface area contributed by atoms with Gasteiger partial charge in [-0.25, -0.2) is 0 Å². The Morgan fingerprint density at radius 3 is 2.88 bits per heavy atom. The molecule has 0 radical (unpaired) electrons. The zero-order valence-corrected chi connectivity index (χ0v) is 9.60. The summed E-state index contributed by atoms with van der Waals surface area (Å²) in [6.07, 6.45) is 3.35. The number of anilines is 1. The van der Waals surface area contributed by atoms with Crippen LogP contribution in [0.5, 0.6) is 5.75 Å². The Labute approximate surface area is 100 Å². The van der Waals surface area contributed by atoms with Gasteiger partial charge < -0.3 is 15.5 Å². The highest BCUT2D eigenvalue weighted by atomic mass is 16.4. The van der Waals surface area contributed by atoms with E-state index in [4.69, 9.17) is 5.11 Å². The molecule has 4 nitrogen and oxygen atoms in total. The zero-order valence-electron chi connectivity index (χ0n) is 9.60. The lowest BCUT2D eigenvalue weighted by molar-refractivity contribution is -0.142. The molecule has 0 aromatic heterocycles. The van der Waals surface area contributed by atoms with Crippen LogP contribution in [0.15, 0.2) is 24.3 Å². The van der Waals surface area contributed by atoms with Crippen LogP contribution in [0.3, 0.4) is 0 Å². The number of benzene rings is 1. The van der Waals surface area contributed by atoms with Crippen molar-refractivity contribution in [3.8, 4) is 5.75 Å². The van der Waals surface area contributed by atoms with E-state index in [1.165, 1.54) is 0 Å². The predicted octanol–water partition coefficient (Wildman–Crippen LogP) is 2.45. The van der Waals surface area contributed by atoms with Gasteiger partial charge >= 0.3 is 5.97 Å². The molecule has 1 aliphatic rings. The second-order valence-corrected chi connectivity index (χ2v) is 4.59. The number of phenolic OH excluding ortho intramolecular Hbond substituents is 1. The van der Waals surface area contributed by atoms with Crippen LogP contribution in [0.25, 0.3) is 0 Å². The summed E-state index contributed by atoms with van der Waals surface area (Å²) in [6, 6.07) is 7.11. The summed E-state index contributed by atoms with van der Waals surface area (Å²) in [4.78, 5) is 10.9. The smallest absolute Gasteiger partial charge is 0.306 e. The molecular weight excluding hydrogens is 218 g/mol. The molecule has 0 spiro atoms. The molecule has 17 heavy (non-hydrogen) atoms. The molecule has 3 N–H and O–H groups in total. The van der Waals surface area contributed by atoms with Crippen molar-refractivity contribution in [2.24, 2.45) is 5.92 Å². The average Bonchev–Trinajstić information content (AvgIpc) is 2.29. The quantitative estimate of drug-likeness (QED) is 0.752. The Morgan fingerprint density at radius 2 is 2.18 bits per heavy atom. The highest BCUT2D eigenvalue weighted by molar-refractivity contribution is 5.70. The molecule has 0 bridgehead atoms. The second-order valence-electron chi connectivity index (χ2n) is 4.59. The van der Waals surface area contributed by atoms with Crippen LogP contribution in [-0.2, 0) is 4.79 Å². The lowest BCUT2D eigenvalue weighted by atomic mass is 9.85. The second kappa shape index (κ2) is 5.08. The van der Waals surface area contributed by atoms with Gasteiger partial charge in [0.15, 0.2) is 0 Å². The number of hydrogen-bond donors (Lipinski definition) is 3. The maximum atomic E-state index is 10.9. The maximum Gasteiger partial charge on any atom is 0.306 e. The molecule has 1 aliphatic carbocycles. The van der Waals surface area contributed by atoms with Gasteiger partial charge in [0.05, 0.1) is 5.92 Å². The molecule has 1 aromatic rings. The van der Waals surface area contributed by atoms with Crippen molar-refractivity contribution >= 4 is 11.7 Å². The third-order valence-electron chi connectivity index (χ3n) is 3.24. The van der Waals surface area contributed by atoms with E-state index in [-0.39, 0.29) is 17.7 Å². The molecule has 0 saturated heterocycles. The summed E-state index contributed by atoms with van der Waals surface area (Å²) in [5, 5.41) is 21.6. The standard InChI is InChI=1S/C13H17NO3/c15-12-6-2-5-11(8-12)14-10-4-1-3-9(7-10)13(16)17/h2,5-6,8-10,14-15H,1,3-4,7H2,(H,16,17). The zero-order chi connectivity index (χ0) is 12.3. The summed E-state index contributed by atoms with van der Waals surface area (Å²) in [7, 11) is 0. The van der Waals surface area contributed by atoms with Crippen molar-refractivity contribution in [1.82, 2.24) is 0 Å². The number of carboxylic acids is 1. The SMILES string of the molecule is O=C(O)C1CCCC(Nc2cccc(O)c2)C1. The average molecular weight is 235 g/mol. The van der Waals surface area contributed by atoms with Crippen LogP contribution in [0.2, 0.25) is 0 Å². The summed E-state index contributed by atoms with van der Waals surface area (Å²) in [6.45, 7) is 0. The van der Waals surface area contributed by atoms with Crippen LogP contribution < -0.4 is 5.32 Å². The van der Waals surface area contributed by atoms with E-state index >= 15 is 0 Å². The first-order valence-electron chi connectivity index (χ1n) is 5.93. The third-order valence-corrected chi connectivity index (χ3v) is 3.24. The largest absolute Gasteiger partial charge is 0.508 e. The van der Waals surface area contributed by atoms with Crippen molar-refractivity contribution in [3.05, 3.63) is 24.3 Å². The van der Waals surface area contributed by atoms with Crippen LogP contribution in [0.4, 0.5) is 5.69 Å². The first-order chi connectivity index (χ1) is 8.15. The Hall–Kier alpha value is -1.71. The fourth-order valence-electron chi connectivity index (χ4n) is 2.38. The predicted molar refractivity (Wildman–Crippen MR) is 65.1 cm³/mol. The minimum absolute atomic E-state index is 0.187. The van der Waals surface area contributed by atoms with E-state index in [9.17, 15) is 9.90 Å². The van der Waals surface area contributed by atoms with Crippen molar-refractivity contribution in [2.45, 2.75) is 31.7 Å². The van der Waals surface area contributed by atoms with Gasteiger partial charge in [0, 0.05) is 17.8 Å². The Kier molecular flexibility index (Phi) is 3.52. The van der Waals surface area contributed by atoms with Crippen molar-refractivity contribution in [2.75, 3.05) is 5.32 Å². The minimum Gasteiger partial charge on any atom is -0.508 e. The first-order valence-corrected chi connectivity index (χ1v) is 5.93. The van der Waals surface area contributed by atoms with Gasteiger partial charge in [0.2, 0.25) is 0 Å². The lowest BCUT2D eigenvalue weighted by Crippen LogP contribution is -2.30. The third kappa shape index (κ3) is 3.12. The highest BCUT2D eigenvalue weighted by Gasteiger charge is 2.26. The number of phenols is 1. The van der Waals surface area contributed by atoms with E-state index in [2.05, 4.69) is 5.32 Å². The van der Waals surface area contributed by atoms with Gasteiger partial charge in [-0.2, -0.15) is 0 Å². The monoisotopic (exact) mass is 235 g/mol. The molecule has 1 aromatic carbocycles. The van der Waals surface area contributed by atoms with Crippen LogP contribution in [0.1, 0.15) is 25.7 Å². The topological polar surface area (TPSA) is 69.6 Å². The molecule has 2 rings (SSSR count). The van der Waals surface area contributed by atoms with E-state index < -0.39 is 5.97 Å². The summed E-state index contributed by atoms with van der Waals surface area (Å²) in [5.74, 6) is -0.716. The number of nitrogens with one attached hydrogen (secondary N) is 1. The summed E-state index contributed by atoms with van der Waals surface area (Å²) >= 11 is 0. The number of hydrogen-bond acceptors (Lipinski definition) is 3. The molecule has 2 unspecified atom stereocenters. The lowest BCUT2D eigenvalue weighted by Gasteiger charge is -2.28. The molecule has 1 saturated carbocycles. The molecule has 1 fully saturated rings. The van der Waals surface area contributed by atoms with Gasteiger partial charge in [0.1, 0.15) is 5.75 Å². The van der Waals surface area contributed by atoms with Crippen molar-refractivity contribution in [1.29, 1.82) is 0 Å². The van der Waals surface area contributed by atoms with Crippen LogP contribution in [-0.4, -0.2) is 22.2 Å². The Bertz CT molecular complexity index is 405. The van der Waals surface area contributed by atoms with Crippen molar-refractivity contribution in [3.63, 3.8) is 0 Å². The molecule has 0 amide bonds. The van der Waals surface area contributed by atoms with E-state index in [1.54, 1.807) is 18.2 Å². The maximum absolute atomic E-state index is 10.9. The summed E-state index contributed by atoms with van der Waals surface area (Å²) < 4.78 is 0. The van der Waals surface area contributed by atoms with Crippen LogP contribution in [0, 0.1) is 5.92 Å². The number of aromatic hydroxyl groups is 1. The fraction of sp³-hybridized carbons (Fsp3) is 0.462. The normalized spacial score (nSPS) is 24.2. The highest BCUT2D eigenvalue weighted by Crippen LogP contribution is 2.27. The van der Waals surface area contributed by atoms with Gasteiger partial charge in [0.25, 0.3) is 0 Å². The molecule has 4 heteroatoms. The molecule has 0 aliphatic heterocycles. The molecule has 2 atom stereocenters. The van der Waals surface area contributed by atoms with Gasteiger partial charge in [-0.05, 0) is 31.4 Å². The van der Waals surface area contributed by atoms with E-state index in [0.29, 0.717) is 6.42 Å². The minimum atomic E-state index is -0.701. The number of rotatable bonds is 3. The molecule has 92 valence electrons. The number of carboxylic acid groups (broad SMARTS) is 1. The number of aliphatic carboxylic acids is 1. The number of carbonyl (C=O) groups is 1. The molecular formula is C13H17NO3. The first kappa shape index (κ1) is 11.8. The van der Waals surface area contributed by atoms with Gasteiger partial charge in [-0.15, -0.1) is 0 Å². The van der Waals surface area contributed by atoms with Crippen LogP contribution >= 0.6 is 0 Å². The van der Waals surface area contributed by atoms with E-state index in [0.717, 1.165) is 24.9 Å². The fourth-order valence-corrected chi connectivity index (χ4v) is 2.38. The molecule has 0 heterocycles. The van der Waals surface area contributed by atoms with E-state index in [1.807, 2.05) is 6.07 Å². The summed E-state index contributed by atoms with van der Waals surface area (Å²) in [5.41, 5.74) is 0.848.